The smallest absolute Gasteiger partial charge is 0.416 e. The van der Waals surface area contributed by atoms with Gasteiger partial charge in [-0.25, -0.2) is 4.98 Å². The highest BCUT2D eigenvalue weighted by Crippen LogP contribution is 2.34. The molecule has 5 rings (SSSR count). The highest BCUT2D eigenvalue weighted by molar-refractivity contribution is 6.33. The Morgan fingerprint density at radius 2 is 1.54 bits per heavy atom. The van der Waals surface area contributed by atoms with Crippen LogP contribution < -0.4 is 5.32 Å². The molecule has 2 heterocycles. The second-order valence-corrected chi connectivity index (χ2v) is 8.15. The van der Waals surface area contributed by atoms with Crippen molar-refractivity contribution in [1.82, 2.24) is 4.98 Å². The summed E-state index contributed by atoms with van der Waals surface area (Å²) < 4.78 is 44.5. The number of alkyl halides is 3. The lowest BCUT2D eigenvalue weighted by molar-refractivity contribution is -0.137. The molecule has 1 amide bonds. The number of rotatable bonds is 4. The number of carbonyl (C=O) groups is 1. The molecule has 0 spiro atoms. The molecule has 0 radical (unpaired) electrons. The molecule has 0 fully saturated rings. The summed E-state index contributed by atoms with van der Waals surface area (Å²) in [6, 6.07) is 23.8. The van der Waals surface area contributed by atoms with Gasteiger partial charge >= 0.3 is 6.18 Å². The topological polar surface area (TPSA) is 55.1 Å². The predicted octanol–water partition coefficient (Wildman–Crippen LogP) is 8.09. The van der Waals surface area contributed by atoms with Crippen LogP contribution in [0.25, 0.3) is 33.7 Å². The maximum atomic E-state index is 13.2. The molecule has 0 unspecified atom stereocenters. The van der Waals surface area contributed by atoms with Gasteiger partial charge in [0.2, 0.25) is 0 Å². The summed E-state index contributed by atoms with van der Waals surface area (Å²) in [7, 11) is 0. The fourth-order valence-corrected chi connectivity index (χ4v) is 3.94. The van der Waals surface area contributed by atoms with Crippen LogP contribution in [0.15, 0.2) is 95.4 Å². The average molecular weight is 493 g/mol. The highest BCUT2D eigenvalue weighted by Gasteiger charge is 2.30. The van der Waals surface area contributed by atoms with Gasteiger partial charge in [0.25, 0.3) is 5.91 Å². The standard InChI is InChI=1S/C27H16ClF3N2O2/c28-21-7-3-1-6-19(21)24-13-14-25(35-24)23-15-20(18-5-2-4-8-22(18)33-23)26(34)32-17-11-9-16(10-12-17)27(29,30)31/h1-15H,(H,32,34). The number of fused-ring (bicyclic) bond motifs is 1. The van der Waals surface area contributed by atoms with Gasteiger partial charge in [0, 0.05) is 16.6 Å². The van der Waals surface area contributed by atoms with E-state index in [0.29, 0.717) is 38.7 Å². The number of anilines is 1. The van der Waals surface area contributed by atoms with Gasteiger partial charge in [-0.15, -0.1) is 0 Å². The number of nitrogens with zero attached hydrogens (tertiary/aromatic N) is 1. The predicted molar refractivity (Wildman–Crippen MR) is 129 cm³/mol. The van der Waals surface area contributed by atoms with E-state index in [1.807, 2.05) is 18.2 Å². The quantitative estimate of drug-likeness (QED) is 0.276. The Morgan fingerprint density at radius 1 is 0.857 bits per heavy atom. The Morgan fingerprint density at radius 3 is 2.29 bits per heavy atom. The van der Waals surface area contributed by atoms with Gasteiger partial charge in [0.15, 0.2) is 5.76 Å². The molecule has 5 aromatic rings. The molecule has 174 valence electrons. The molecule has 8 heteroatoms. The number of hydrogen-bond donors (Lipinski definition) is 1. The molecular formula is C27H16ClF3N2O2. The van der Waals surface area contributed by atoms with Gasteiger partial charge < -0.3 is 9.73 Å². The first kappa shape index (κ1) is 22.7. The molecule has 2 aromatic heterocycles. The number of furan rings is 1. The van der Waals surface area contributed by atoms with Crippen LogP contribution in [-0.4, -0.2) is 10.9 Å². The Hall–Kier alpha value is -4.10. The first-order valence-electron chi connectivity index (χ1n) is 10.5. The Kier molecular flexibility index (Phi) is 5.78. The molecular weight excluding hydrogens is 477 g/mol. The molecule has 0 aliphatic rings. The van der Waals surface area contributed by atoms with Crippen molar-refractivity contribution in [2.75, 3.05) is 5.32 Å². The third-order valence-electron chi connectivity index (χ3n) is 5.43. The van der Waals surface area contributed by atoms with Gasteiger partial charge in [-0.1, -0.05) is 41.9 Å². The van der Waals surface area contributed by atoms with E-state index in [0.717, 1.165) is 17.7 Å². The third-order valence-corrected chi connectivity index (χ3v) is 5.76. The summed E-state index contributed by atoms with van der Waals surface area (Å²) in [6.45, 7) is 0. The van der Waals surface area contributed by atoms with Crippen LogP contribution >= 0.6 is 11.6 Å². The van der Waals surface area contributed by atoms with Crippen LogP contribution in [0.4, 0.5) is 18.9 Å². The number of carbonyl (C=O) groups excluding carboxylic acids is 1. The zero-order valence-corrected chi connectivity index (χ0v) is 18.7. The van der Waals surface area contributed by atoms with Crippen LogP contribution in [-0.2, 0) is 6.18 Å². The van der Waals surface area contributed by atoms with Crippen LogP contribution in [0.3, 0.4) is 0 Å². The number of hydrogen-bond acceptors (Lipinski definition) is 3. The Labute approximate surface area is 203 Å². The number of para-hydroxylation sites is 1. The number of pyridine rings is 1. The van der Waals surface area contributed by atoms with Gasteiger partial charge in [0.05, 0.1) is 21.7 Å². The number of amides is 1. The van der Waals surface area contributed by atoms with E-state index in [4.69, 9.17) is 16.0 Å². The summed E-state index contributed by atoms with van der Waals surface area (Å²) in [5.41, 5.74) is 1.48. The zero-order valence-electron chi connectivity index (χ0n) is 17.9. The molecule has 1 N–H and O–H groups in total. The second-order valence-electron chi connectivity index (χ2n) is 7.75. The van der Waals surface area contributed by atoms with Gasteiger partial charge in [-0.05, 0) is 60.7 Å². The van der Waals surface area contributed by atoms with Crippen molar-refractivity contribution in [1.29, 1.82) is 0 Å². The first-order valence-corrected chi connectivity index (χ1v) is 10.9. The molecule has 0 aliphatic heterocycles. The van der Waals surface area contributed by atoms with E-state index >= 15 is 0 Å². The van der Waals surface area contributed by atoms with Gasteiger partial charge in [-0.2, -0.15) is 13.2 Å². The van der Waals surface area contributed by atoms with Crippen molar-refractivity contribution in [3.63, 3.8) is 0 Å². The van der Waals surface area contributed by atoms with Gasteiger partial charge in [0.1, 0.15) is 11.5 Å². The molecule has 3 aromatic carbocycles. The van der Waals surface area contributed by atoms with E-state index < -0.39 is 17.6 Å². The largest absolute Gasteiger partial charge is 0.454 e. The van der Waals surface area contributed by atoms with Crippen molar-refractivity contribution in [3.8, 4) is 22.8 Å². The molecule has 35 heavy (non-hydrogen) atoms. The summed E-state index contributed by atoms with van der Waals surface area (Å²) in [5, 5.41) is 3.80. The summed E-state index contributed by atoms with van der Waals surface area (Å²) in [5.74, 6) is 0.507. The van der Waals surface area contributed by atoms with E-state index in [1.54, 1.807) is 48.5 Å². The molecule has 0 aliphatic carbocycles. The van der Waals surface area contributed by atoms with Crippen LogP contribution in [0, 0.1) is 0 Å². The van der Waals surface area contributed by atoms with E-state index in [1.165, 1.54) is 12.1 Å². The molecule has 0 atom stereocenters. The minimum absolute atomic E-state index is 0.240. The fourth-order valence-electron chi connectivity index (χ4n) is 3.71. The lowest BCUT2D eigenvalue weighted by Gasteiger charge is -2.11. The van der Waals surface area contributed by atoms with Crippen LogP contribution in [0.5, 0.6) is 0 Å². The summed E-state index contributed by atoms with van der Waals surface area (Å²) >= 11 is 6.28. The normalized spacial score (nSPS) is 11.5. The summed E-state index contributed by atoms with van der Waals surface area (Å²) in [6.07, 6.45) is -4.45. The number of benzene rings is 3. The van der Waals surface area contributed by atoms with Crippen LogP contribution in [0.2, 0.25) is 5.02 Å². The molecule has 0 saturated carbocycles. The number of halogens is 4. The van der Waals surface area contributed by atoms with Crippen LogP contribution in [0.1, 0.15) is 15.9 Å². The Balaban J connectivity index is 1.51. The number of nitrogens with one attached hydrogen (secondary N) is 1. The maximum Gasteiger partial charge on any atom is 0.416 e. The van der Waals surface area contributed by atoms with Crippen molar-refractivity contribution in [2.24, 2.45) is 0 Å². The van der Waals surface area contributed by atoms with Gasteiger partial charge in [-0.3, -0.25) is 4.79 Å². The summed E-state index contributed by atoms with van der Waals surface area (Å²) in [4.78, 5) is 17.8. The average Bonchev–Trinajstić information content (AvgIpc) is 3.33. The molecule has 0 bridgehead atoms. The Bertz CT molecular complexity index is 1540. The first-order chi connectivity index (χ1) is 16.8. The van der Waals surface area contributed by atoms with Crippen molar-refractivity contribution in [2.45, 2.75) is 6.18 Å². The van der Waals surface area contributed by atoms with Crippen molar-refractivity contribution in [3.05, 3.63) is 107 Å². The fraction of sp³-hybridized carbons (Fsp3) is 0.0370. The lowest BCUT2D eigenvalue weighted by atomic mass is 10.1. The maximum absolute atomic E-state index is 13.2. The lowest BCUT2D eigenvalue weighted by Crippen LogP contribution is -2.13. The van der Waals surface area contributed by atoms with Crippen molar-refractivity contribution < 1.29 is 22.4 Å². The SMILES string of the molecule is O=C(Nc1ccc(C(F)(F)F)cc1)c1cc(-c2ccc(-c3ccccc3Cl)o2)nc2ccccc12. The zero-order chi connectivity index (χ0) is 24.6. The van der Waals surface area contributed by atoms with E-state index in [-0.39, 0.29) is 5.69 Å². The second kappa shape index (κ2) is 8.92. The minimum Gasteiger partial charge on any atom is -0.454 e. The van der Waals surface area contributed by atoms with E-state index in [9.17, 15) is 18.0 Å². The molecule has 0 saturated heterocycles. The number of aromatic nitrogens is 1. The van der Waals surface area contributed by atoms with Crippen molar-refractivity contribution >= 4 is 34.1 Å². The molecule has 4 nitrogen and oxygen atoms in total. The highest BCUT2D eigenvalue weighted by atomic mass is 35.5. The minimum atomic E-state index is -4.45. The monoisotopic (exact) mass is 492 g/mol. The third kappa shape index (κ3) is 4.63. The van der Waals surface area contributed by atoms with E-state index in [2.05, 4.69) is 10.3 Å².